The Kier molecular flexibility index (Phi) is 5.57. The van der Waals surface area contributed by atoms with Crippen molar-refractivity contribution in [2.45, 2.75) is 24.9 Å². The zero-order valence-electron chi connectivity index (χ0n) is 13.1. The molecule has 9 heteroatoms. The van der Waals surface area contributed by atoms with Crippen LogP contribution in [-0.4, -0.2) is 52.2 Å². The van der Waals surface area contributed by atoms with Gasteiger partial charge in [-0.1, -0.05) is 23.4 Å². The van der Waals surface area contributed by atoms with Gasteiger partial charge < -0.3 is 9.64 Å². The van der Waals surface area contributed by atoms with Crippen molar-refractivity contribution in [3.05, 3.63) is 16.1 Å². The Labute approximate surface area is 152 Å². The summed E-state index contributed by atoms with van der Waals surface area (Å²) < 4.78 is 5.01. The second-order valence-corrected chi connectivity index (χ2v) is 7.38. The predicted molar refractivity (Wildman–Crippen MR) is 94.9 cm³/mol. The molecule has 128 valence electrons. The van der Waals surface area contributed by atoms with Gasteiger partial charge in [0, 0.05) is 18.5 Å². The summed E-state index contributed by atoms with van der Waals surface area (Å²) in [5.74, 6) is -0.0487. The third-order valence-electron chi connectivity index (χ3n) is 3.65. The van der Waals surface area contributed by atoms with E-state index in [2.05, 4.69) is 9.97 Å². The molecule has 0 radical (unpaired) electrons. The number of thioether (sulfide) groups is 1. The first-order valence-corrected chi connectivity index (χ1v) is 9.87. The Balaban J connectivity index is 1.76. The lowest BCUT2D eigenvalue weighted by atomic mass is 10.2. The maximum atomic E-state index is 12.1. The van der Waals surface area contributed by atoms with Crippen LogP contribution in [0.5, 0.6) is 0 Å². The molecule has 2 aromatic heterocycles. The van der Waals surface area contributed by atoms with Gasteiger partial charge in [-0.2, -0.15) is 0 Å². The summed E-state index contributed by atoms with van der Waals surface area (Å²) >= 11 is 8.81. The lowest BCUT2D eigenvalue weighted by Gasteiger charge is -2.14. The van der Waals surface area contributed by atoms with Gasteiger partial charge in [0.2, 0.25) is 5.91 Å². The van der Waals surface area contributed by atoms with E-state index in [9.17, 15) is 9.59 Å². The third-order valence-corrected chi connectivity index (χ3v) is 5.63. The molecule has 0 unspecified atom stereocenters. The Bertz CT molecular complexity index is 775. The number of thiophene rings is 1. The van der Waals surface area contributed by atoms with Crippen molar-refractivity contribution < 1.29 is 14.3 Å². The Morgan fingerprint density at radius 2 is 2.12 bits per heavy atom. The van der Waals surface area contributed by atoms with Crippen molar-refractivity contribution in [3.8, 4) is 0 Å². The first kappa shape index (κ1) is 17.4. The molecule has 1 aliphatic rings. The van der Waals surface area contributed by atoms with Crippen LogP contribution < -0.4 is 0 Å². The van der Waals surface area contributed by atoms with Gasteiger partial charge in [-0.15, -0.1) is 11.3 Å². The minimum Gasteiger partial charge on any atom is -0.462 e. The van der Waals surface area contributed by atoms with Crippen LogP contribution in [0.15, 0.2) is 10.5 Å². The lowest BCUT2D eigenvalue weighted by Crippen LogP contribution is -2.29. The van der Waals surface area contributed by atoms with E-state index in [1.807, 2.05) is 4.90 Å². The molecule has 3 heterocycles. The number of hydrogen-bond donors (Lipinski definition) is 0. The topological polar surface area (TPSA) is 72.4 Å². The van der Waals surface area contributed by atoms with Crippen molar-refractivity contribution in [1.82, 2.24) is 14.9 Å². The fourth-order valence-electron chi connectivity index (χ4n) is 2.49. The fraction of sp³-hybridized carbons (Fsp3) is 0.467. The zero-order valence-corrected chi connectivity index (χ0v) is 15.5. The Morgan fingerprint density at radius 3 is 2.83 bits per heavy atom. The van der Waals surface area contributed by atoms with Crippen LogP contribution in [0, 0.1) is 0 Å². The number of ether oxygens (including phenoxy) is 1. The van der Waals surface area contributed by atoms with Crippen LogP contribution in [0.2, 0.25) is 5.15 Å². The molecule has 3 rings (SSSR count). The number of fused-ring (bicyclic) bond motifs is 1. The van der Waals surface area contributed by atoms with Gasteiger partial charge in [-0.3, -0.25) is 4.79 Å². The van der Waals surface area contributed by atoms with E-state index >= 15 is 0 Å². The molecule has 1 amide bonds. The van der Waals surface area contributed by atoms with E-state index < -0.39 is 5.97 Å². The molecule has 0 aliphatic carbocycles. The van der Waals surface area contributed by atoms with Crippen LogP contribution in [0.4, 0.5) is 0 Å². The van der Waals surface area contributed by atoms with Gasteiger partial charge in [-0.05, 0) is 19.8 Å². The summed E-state index contributed by atoms with van der Waals surface area (Å²) in [6.45, 7) is 3.69. The number of halogens is 1. The highest BCUT2D eigenvalue weighted by Gasteiger charge is 2.21. The standard InChI is InChI=1S/C15H16ClN3O3S2/c1-2-22-14(21)9-7-23-13-11(9)12(16)17-15(18-13)24-8-10(20)19-5-3-4-6-19/h7H,2-6,8H2,1H3. The summed E-state index contributed by atoms with van der Waals surface area (Å²) in [7, 11) is 0. The second kappa shape index (κ2) is 7.67. The number of amides is 1. The monoisotopic (exact) mass is 385 g/mol. The molecule has 0 N–H and O–H groups in total. The average Bonchev–Trinajstić information content (AvgIpc) is 3.22. The largest absolute Gasteiger partial charge is 0.462 e. The quantitative estimate of drug-likeness (QED) is 0.340. The number of carbonyl (C=O) groups is 2. The molecule has 0 saturated carbocycles. The van der Waals surface area contributed by atoms with Crippen molar-refractivity contribution >= 4 is 56.8 Å². The highest BCUT2D eigenvalue weighted by atomic mass is 35.5. The molecule has 0 bridgehead atoms. The first-order chi connectivity index (χ1) is 11.6. The molecule has 0 aromatic carbocycles. The van der Waals surface area contributed by atoms with Crippen molar-refractivity contribution in [2.75, 3.05) is 25.4 Å². The molecule has 24 heavy (non-hydrogen) atoms. The average molecular weight is 386 g/mol. The van der Waals surface area contributed by atoms with Crippen molar-refractivity contribution in [2.24, 2.45) is 0 Å². The molecule has 0 spiro atoms. The number of likely N-dealkylation sites (tertiary alicyclic amines) is 1. The summed E-state index contributed by atoms with van der Waals surface area (Å²) in [6, 6.07) is 0. The SMILES string of the molecule is CCOC(=O)c1csc2nc(SCC(=O)N3CCCC3)nc(Cl)c12. The molecular weight excluding hydrogens is 370 g/mol. The van der Waals surface area contributed by atoms with Crippen LogP contribution in [0.1, 0.15) is 30.1 Å². The van der Waals surface area contributed by atoms with Crippen LogP contribution in [0.25, 0.3) is 10.2 Å². The molecule has 1 saturated heterocycles. The third kappa shape index (κ3) is 3.65. The second-order valence-electron chi connectivity index (χ2n) is 5.22. The molecule has 0 atom stereocenters. The smallest absolute Gasteiger partial charge is 0.339 e. The number of aromatic nitrogens is 2. The van der Waals surface area contributed by atoms with Gasteiger partial charge in [0.1, 0.15) is 9.98 Å². The number of nitrogens with zero attached hydrogens (tertiary/aromatic N) is 3. The number of carbonyl (C=O) groups excluding carboxylic acids is 2. The first-order valence-electron chi connectivity index (χ1n) is 7.62. The number of hydrogen-bond acceptors (Lipinski definition) is 7. The summed E-state index contributed by atoms with van der Waals surface area (Å²) in [5.41, 5.74) is 0.381. The van der Waals surface area contributed by atoms with Crippen molar-refractivity contribution in [3.63, 3.8) is 0 Å². The van der Waals surface area contributed by atoms with E-state index in [-0.39, 0.29) is 16.8 Å². The van der Waals surface area contributed by atoms with E-state index in [1.54, 1.807) is 12.3 Å². The van der Waals surface area contributed by atoms with Crippen LogP contribution in [0.3, 0.4) is 0 Å². The van der Waals surface area contributed by atoms with Crippen molar-refractivity contribution in [1.29, 1.82) is 0 Å². The minimum absolute atomic E-state index is 0.0933. The minimum atomic E-state index is -0.432. The normalized spacial score (nSPS) is 14.3. The van der Waals surface area contributed by atoms with Crippen LogP contribution in [-0.2, 0) is 9.53 Å². The van der Waals surface area contributed by atoms with Gasteiger partial charge in [0.05, 0.1) is 23.3 Å². The molecule has 1 aliphatic heterocycles. The molecule has 2 aromatic rings. The van der Waals surface area contributed by atoms with E-state index in [0.29, 0.717) is 27.5 Å². The molecule has 1 fully saturated rings. The Hall–Kier alpha value is -1.38. The number of rotatable bonds is 5. The van der Waals surface area contributed by atoms with E-state index in [0.717, 1.165) is 25.9 Å². The van der Waals surface area contributed by atoms with E-state index in [4.69, 9.17) is 16.3 Å². The summed E-state index contributed by atoms with van der Waals surface area (Å²) in [5, 5.41) is 2.83. The predicted octanol–water partition coefficient (Wildman–Crippen LogP) is 3.24. The lowest BCUT2D eigenvalue weighted by molar-refractivity contribution is -0.127. The van der Waals surface area contributed by atoms with E-state index in [1.165, 1.54) is 23.1 Å². The Morgan fingerprint density at radius 1 is 1.38 bits per heavy atom. The highest BCUT2D eigenvalue weighted by Crippen LogP contribution is 2.32. The molecule has 6 nitrogen and oxygen atoms in total. The highest BCUT2D eigenvalue weighted by molar-refractivity contribution is 7.99. The van der Waals surface area contributed by atoms with Crippen LogP contribution >= 0.6 is 34.7 Å². The molecular formula is C15H16ClN3O3S2. The fourth-order valence-corrected chi connectivity index (χ4v) is 4.58. The number of esters is 1. The maximum absolute atomic E-state index is 12.1. The van der Waals surface area contributed by atoms with Gasteiger partial charge in [0.25, 0.3) is 0 Å². The van der Waals surface area contributed by atoms with Gasteiger partial charge in [0.15, 0.2) is 5.16 Å². The zero-order chi connectivity index (χ0) is 17.1. The maximum Gasteiger partial charge on any atom is 0.339 e. The van der Waals surface area contributed by atoms with Gasteiger partial charge in [-0.25, -0.2) is 14.8 Å². The van der Waals surface area contributed by atoms with Gasteiger partial charge >= 0.3 is 5.97 Å². The summed E-state index contributed by atoms with van der Waals surface area (Å²) in [6.07, 6.45) is 2.13. The summed E-state index contributed by atoms with van der Waals surface area (Å²) in [4.78, 5) is 35.1.